The molecule has 1 aromatic carbocycles. The number of benzene rings is 1. The molecule has 2 nitrogen and oxygen atoms in total. The lowest BCUT2D eigenvalue weighted by molar-refractivity contribution is -0.138. The molecule has 0 fully saturated rings. The lowest BCUT2D eigenvalue weighted by Gasteiger charge is -2.09. The van der Waals surface area contributed by atoms with E-state index in [9.17, 15) is 18.0 Å². The summed E-state index contributed by atoms with van der Waals surface area (Å²) in [5.41, 5.74) is 0.262. The first-order valence-corrected chi connectivity index (χ1v) is 5.37. The van der Waals surface area contributed by atoms with Crippen LogP contribution in [0.2, 0.25) is 0 Å². The maximum atomic E-state index is 12.5. The van der Waals surface area contributed by atoms with E-state index in [0.29, 0.717) is 11.1 Å². The first-order chi connectivity index (χ1) is 8.34. The third-order valence-electron chi connectivity index (χ3n) is 2.29. The number of alkyl halides is 3. The quantitative estimate of drug-likeness (QED) is 0.611. The minimum atomic E-state index is -4.39. The maximum absolute atomic E-state index is 12.5. The zero-order valence-corrected chi connectivity index (χ0v) is 10.0. The highest BCUT2D eigenvalue weighted by atomic mass is 19.4. The summed E-state index contributed by atoms with van der Waals surface area (Å²) in [5.74, 6) is -0.575. The molecule has 1 rings (SSSR count). The molecule has 0 amide bonds. The van der Waals surface area contributed by atoms with Crippen LogP contribution in [-0.4, -0.2) is 12.6 Å². The number of ether oxygens (including phenoxy) is 1. The predicted molar refractivity (Wildman–Crippen MR) is 61.8 cm³/mol. The van der Waals surface area contributed by atoms with Crippen molar-refractivity contribution in [2.45, 2.75) is 20.0 Å². The smallest absolute Gasteiger partial charge is 0.416 e. The van der Waals surface area contributed by atoms with Crippen LogP contribution in [0.3, 0.4) is 0 Å². The number of halogens is 3. The van der Waals surface area contributed by atoms with Gasteiger partial charge >= 0.3 is 12.1 Å². The largest absolute Gasteiger partial charge is 0.463 e. The van der Waals surface area contributed by atoms with Crippen LogP contribution >= 0.6 is 0 Å². The van der Waals surface area contributed by atoms with Crippen LogP contribution in [0.4, 0.5) is 13.2 Å². The van der Waals surface area contributed by atoms with E-state index in [2.05, 4.69) is 4.74 Å². The van der Waals surface area contributed by atoms with Crippen LogP contribution in [0, 0.1) is 6.92 Å². The fourth-order valence-corrected chi connectivity index (χ4v) is 1.34. The van der Waals surface area contributed by atoms with Crippen molar-refractivity contribution in [3.05, 3.63) is 41.0 Å². The number of carbonyl (C=O) groups is 1. The molecular weight excluding hydrogens is 245 g/mol. The standard InChI is InChI=1S/C13H13F3O2/c1-3-18-12(17)7-5-10-8-11(13(14,15)16)6-4-9(10)2/h4-8H,3H2,1-2H3. The molecular formula is C13H13F3O2. The third kappa shape index (κ3) is 3.91. The molecule has 0 aliphatic heterocycles. The van der Waals surface area contributed by atoms with Crippen molar-refractivity contribution in [2.24, 2.45) is 0 Å². The van der Waals surface area contributed by atoms with Crippen molar-refractivity contribution in [2.75, 3.05) is 6.61 Å². The Hall–Kier alpha value is -1.78. The fraction of sp³-hybridized carbons (Fsp3) is 0.308. The number of esters is 1. The number of hydrogen-bond acceptors (Lipinski definition) is 2. The molecule has 5 heteroatoms. The highest BCUT2D eigenvalue weighted by molar-refractivity contribution is 5.87. The highest BCUT2D eigenvalue weighted by Crippen LogP contribution is 2.30. The van der Waals surface area contributed by atoms with Crippen molar-refractivity contribution in [1.29, 1.82) is 0 Å². The summed E-state index contributed by atoms with van der Waals surface area (Å²) in [6, 6.07) is 3.38. The Labute approximate surface area is 103 Å². The second-order valence-electron chi connectivity index (χ2n) is 3.65. The first kappa shape index (κ1) is 14.3. The molecule has 0 aliphatic carbocycles. The van der Waals surface area contributed by atoms with Gasteiger partial charge < -0.3 is 4.74 Å². The van der Waals surface area contributed by atoms with E-state index in [1.54, 1.807) is 13.8 Å². The zero-order chi connectivity index (χ0) is 13.8. The normalized spacial score (nSPS) is 11.8. The van der Waals surface area contributed by atoms with Crippen molar-refractivity contribution in [3.63, 3.8) is 0 Å². The molecule has 0 radical (unpaired) electrons. The molecule has 18 heavy (non-hydrogen) atoms. The second kappa shape index (κ2) is 5.71. The van der Waals surface area contributed by atoms with Gasteiger partial charge in [-0.3, -0.25) is 0 Å². The minimum Gasteiger partial charge on any atom is -0.463 e. The van der Waals surface area contributed by atoms with E-state index in [0.717, 1.165) is 18.2 Å². The molecule has 0 aromatic heterocycles. The van der Waals surface area contributed by atoms with Gasteiger partial charge in [-0.1, -0.05) is 6.07 Å². The van der Waals surface area contributed by atoms with Crippen molar-refractivity contribution in [3.8, 4) is 0 Å². The Morgan fingerprint density at radius 2 is 2.06 bits per heavy atom. The first-order valence-electron chi connectivity index (χ1n) is 5.37. The number of hydrogen-bond donors (Lipinski definition) is 0. The predicted octanol–water partition coefficient (Wildman–Crippen LogP) is 3.59. The zero-order valence-electron chi connectivity index (χ0n) is 10.0. The summed E-state index contributed by atoms with van der Waals surface area (Å²) in [7, 11) is 0. The minimum absolute atomic E-state index is 0.227. The Kier molecular flexibility index (Phi) is 4.53. The fourth-order valence-electron chi connectivity index (χ4n) is 1.34. The molecule has 0 spiro atoms. The molecule has 0 N–H and O–H groups in total. The molecule has 0 saturated carbocycles. The molecule has 98 valence electrons. The monoisotopic (exact) mass is 258 g/mol. The van der Waals surface area contributed by atoms with Crippen LogP contribution in [0.25, 0.3) is 6.08 Å². The lowest BCUT2D eigenvalue weighted by atomic mass is 10.0. The average Bonchev–Trinajstić information content (AvgIpc) is 2.26. The van der Waals surface area contributed by atoms with Crippen LogP contribution in [-0.2, 0) is 15.7 Å². The molecule has 0 heterocycles. The average molecular weight is 258 g/mol. The molecule has 0 aliphatic rings. The van der Waals surface area contributed by atoms with Gasteiger partial charge in [-0.15, -0.1) is 0 Å². The van der Waals surface area contributed by atoms with Crippen molar-refractivity contribution in [1.82, 2.24) is 0 Å². The number of rotatable bonds is 3. The van der Waals surface area contributed by atoms with Gasteiger partial charge in [0, 0.05) is 6.08 Å². The van der Waals surface area contributed by atoms with Gasteiger partial charge in [0.05, 0.1) is 12.2 Å². The van der Waals surface area contributed by atoms with Crippen molar-refractivity contribution < 1.29 is 22.7 Å². The van der Waals surface area contributed by atoms with Gasteiger partial charge in [-0.2, -0.15) is 13.2 Å². The highest BCUT2D eigenvalue weighted by Gasteiger charge is 2.30. The summed E-state index contributed by atoms with van der Waals surface area (Å²) in [5, 5.41) is 0. The number of carbonyl (C=O) groups excluding carboxylic acids is 1. The van der Waals surface area contributed by atoms with Gasteiger partial charge in [0.25, 0.3) is 0 Å². The molecule has 0 saturated heterocycles. The molecule has 0 unspecified atom stereocenters. The van der Waals surface area contributed by atoms with E-state index in [1.807, 2.05) is 0 Å². The Morgan fingerprint density at radius 1 is 1.39 bits per heavy atom. The van der Waals surface area contributed by atoms with Crippen LogP contribution in [0.15, 0.2) is 24.3 Å². The van der Waals surface area contributed by atoms with Crippen LogP contribution < -0.4 is 0 Å². The van der Waals surface area contributed by atoms with Crippen LogP contribution in [0.5, 0.6) is 0 Å². The Bertz CT molecular complexity index is 462. The summed E-state index contributed by atoms with van der Waals surface area (Å²) in [6.07, 6.45) is -1.95. The summed E-state index contributed by atoms with van der Waals surface area (Å²) < 4.78 is 42.2. The summed E-state index contributed by atoms with van der Waals surface area (Å²) in [6.45, 7) is 3.55. The van der Waals surface area contributed by atoms with Gasteiger partial charge in [-0.25, -0.2) is 4.79 Å². The van der Waals surface area contributed by atoms with Gasteiger partial charge in [-0.05, 0) is 43.2 Å². The molecule has 1 aromatic rings. The van der Waals surface area contributed by atoms with Crippen LogP contribution in [0.1, 0.15) is 23.6 Å². The molecule has 0 atom stereocenters. The Morgan fingerprint density at radius 3 is 2.61 bits per heavy atom. The van der Waals surface area contributed by atoms with Gasteiger partial charge in [0.15, 0.2) is 0 Å². The third-order valence-corrected chi connectivity index (χ3v) is 2.29. The van der Waals surface area contributed by atoms with Crippen molar-refractivity contribution >= 4 is 12.0 Å². The maximum Gasteiger partial charge on any atom is 0.416 e. The van der Waals surface area contributed by atoms with E-state index in [1.165, 1.54) is 12.1 Å². The second-order valence-corrected chi connectivity index (χ2v) is 3.65. The topological polar surface area (TPSA) is 26.3 Å². The summed E-state index contributed by atoms with van der Waals surface area (Å²) >= 11 is 0. The van der Waals surface area contributed by atoms with E-state index >= 15 is 0 Å². The lowest BCUT2D eigenvalue weighted by Crippen LogP contribution is -2.05. The van der Waals surface area contributed by atoms with Gasteiger partial charge in [0.1, 0.15) is 0 Å². The molecule has 0 bridgehead atoms. The Balaban J connectivity index is 2.98. The van der Waals surface area contributed by atoms with E-state index in [4.69, 9.17) is 0 Å². The summed E-state index contributed by atoms with van der Waals surface area (Å²) in [4.78, 5) is 11.1. The van der Waals surface area contributed by atoms with E-state index in [-0.39, 0.29) is 6.61 Å². The number of aryl methyl sites for hydroxylation is 1. The van der Waals surface area contributed by atoms with E-state index < -0.39 is 17.7 Å². The SMILES string of the molecule is CCOC(=O)C=Cc1cc(C(F)(F)F)ccc1C. The van der Waals surface area contributed by atoms with Gasteiger partial charge in [0.2, 0.25) is 0 Å².